The third-order valence-corrected chi connectivity index (χ3v) is 1.63. The summed E-state index contributed by atoms with van der Waals surface area (Å²) in [6.45, 7) is 5.55. The van der Waals surface area contributed by atoms with E-state index in [-0.39, 0.29) is 0 Å². The van der Waals surface area contributed by atoms with Crippen LogP contribution in [0.2, 0.25) is 5.02 Å². The lowest BCUT2D eigenvalue weighted by Gasteiger charge is -1.97. The van der Waals surface area contributed by atoms with Gasteiger partial charge in [-0.3, -0.25) is 0 Å². The summed E-state index contributed by atoms with van der Waals surface area (Å²) in [5.74, 6) is 0. The molecular weight excluding hydrogens is 144 g/mol. The molecule has 0 fully saturated rings. The first-order valence-electron chi connectivity index (χ1n) is 3.03. The van der Waals surface area contributed by atoms with Crippen LogP contribution in [0.5, 0.6) is 0 Å². The second-order valence-corrected chi connectivity index (χ2v) is 2.57. The third-order valence-electron chi connectivity index (χ3n) is 1.39. The summed E-state index contributed by atoms with van der Waals surface area (Å²) in [6, 6.07) is 5.66. The van der Waals surface area contributed by atoms with Crippen LogP contribution in [0.4, 0.5) is 0 Å². The van der Waals surface area contributed by atoms with Gasteiger partial charge in [-0.25, -0.2) is 0 Å². The van der Waals surface area contributed by atoms with Crippen LogP contribution < -0.4 is 0 Å². The summed E-state index contributed by atoms with van der Waals surface area (Å²) >= 11 is 5.73. The minimum atomic E-state index is 0.733. The molecule has 0 aliphatic heterocycles. The van der Waals surface area contributed by atoms with Crippen molar-refractivity contribution in [2.24, 2.45) is 0 Å². The molecule has 0 aliphatic carbocycles. The van der Waals surface area contributed by atoms with Crippen molar-refractivity contribution >= 4 is 11.6 Å². The average Bonchev–Trinajstić information content (AvgIpc) is 1.94. The van der Waals surface area contributed by atoms with Gasteiger partial charge in [-0.1, -0.05) is 24.2 Å². The Hall–Kier alpha value is -0.750. The first kappa shape index (κ1) is 7.36. The standard InChI is InChI=1S/C9H8Cl/c1-3-8-6-9(10)5-4-7(8)2/h4-6H,1H2,2H3. The van der Waals surface area contributed by atoms with Gasteiger partial charge in [-0.05, 0) is 36.3 Å². The Kier molecular flexibility index (Phi) is 2.13. The number of aryl methyl sites for hydroxylation is 1. The smallest absolute Gasteiger partial charge is 0.0412 e. The van der Waals surface area contributed by atoms with E-state index in [4.69, 9.17) is 11.6 Å². The zero-order valence-electron chi connectivity index (χ0n) is 5.82. The van der Waals surface area contributed by atoms with Gasteiger partial charge in [0, 0.05) is 5.02 Å². The van der Waals surface area contributed by atoms with Crippen molar-refractivity contribution in [3.05, 3.63) is 47.0 Å². The Bertz CT molecular complexity index is 251. The third kappa shape index (κ3) is 1.39. The van der Waals surface area contributed by atoms with Gasteiger partial charge < -0.3 is 0 Å². The molecule has 1 rings (SSSR count). The van der Waals surface area contributed by atoms with Crippen molar-refractivity contribution in [1.29, 1.82) is 0 Å². The lowest BCUT2D eigenvalue weighted by Crippen LogP contribution is -1.79. The van der Waals surface area contributed by atoms with Gasteiger partial charge in [0.05, 0.1) is 0 Å². The molecular formula is C9H8Cl. The van der Waals surface area contributed by atoms with Crippen molar-refractivity contribution < 1.29 is 0 Å². The predicted octanol–water partition coefficient (Wildman–Crippen LogP) is 2.99. The van der Waals surface area contributed by atoms with Gasteiger partial charge in [-0.15, -0.1) is 0 Å². The van der Waals surface area contributed by atoms with Crippen molar-refractivity contribution in [2.45, 2.75) is 6.92 Å². The lowest BCUT2D eigenvalue weighted by atomic mass is 10.1. The molecule has 0 aromatic heterocycles. The number of rotatable bonds is 1. The minimum absolute atomic E-state index is 0.733. The van der Waals surface area contributed by atoms with Crippen molar-refractivity contribution in [2.75, 3.05) is 0 Å². The highest BCUT2D eigenvalue weighted by Crippen LogP contribution is 2.14. The van der Waals surface area contributed by atoms with Gasteiger partial charge in [0.1, 0.15) is 0 Å². The molecule has 10 heavy (non-hydrogen) atoms. The second kappa shape index (κ2) is 2.89. The Morgan fingerprint density at radius 1 is 1.50 bits per heavy atom. The van der Waals surface area contributed by atoms with E-state index < -0.39 is 0 Å². The quantitative estimate of drug-likeness (QED) is 0.579. The topological polar surface area (TPSA) is 0 Å². The molecule has 0 atom stereocenters. The zero-order chi connectivity index (χ0) is 7.56. The second-order valence-electron chi connectivity index (χ2n) is 2.14. The van der Waals surface area contributed by atoms with Crippen LogP contribution in [0.3, 0.4) is 0 Å². The highest BCUT2D eigenvalue weighted by Gasteiger charge is 1.93. The van der Waals surface area contributed by atoms with E-state index in [1.807, 2.05) is 25.1 Å². The zero-order valence-corrected chi connectivity index (χ0v) is 6.57. The van der Waals surface area contributed by atoms with Crippen LogP contribution in [0.15, 0.2) is 24.8 Å². The van der Waals surface area contributed by atoms with E-state index >= 15 is 0 Å². The maximum absolute atomic E-state index is 5.73. The van der Waals surface area contributed by atoms with E-state index in [0.717, 1.165) is 16.1 Å². The van der Waals surface area contributed by atoms with Crippen LogP contribution >= 0.6 is 11.6 Å². The van der Waals surface area contributed by atoms with Crippen molar-refractivity contribution in [1.82, 2.24) is 0 Å². The fourth-order valence-electron chi connectivity index (χ4n) is 0.785. The van der Waals surface area contributed by atoms with Crippen LogP contribution in [-0.4, -0.2) is 0 Å². The van der Waals surface area contributed by atoms with Gasteiger partial charge in [0.25, 0.3) is 0 Å². The highest BCUT2D eigenvalue weighted by atomic mass is 35.5. The highest BCUT2D eigenvalue weighted by molar-refractivity contribution is 6.30. The number of hydrogen-bond donors (Lipinski definition) is 0. The molecule has 0 aliphatic rings. The van der Waals surface area contributed by atoms with Crippen molar-refractivity contribution in [3.63, 3.8) is 0 Å². The van der Waals surface area contributed by atoms with E-state index in [9.17, 15) is 0 Å². The van der Waals surface area contributed by atoms with Crippen LogP contribution in [0, 0.1) is 13.0 Å². The summed E-state index contributed by atoms with van der Waals surface area (Å²) in [6.07, 6.45) is 2.80. The molecule has 1 aromatic carbocycles. The minimum Gasteiger partial charge on any atom is -0.0905 e. The van der Waals surface area contributed by atoms with Gasteiger partial charge in [0.2, 0.25) is 0 Å². The van der Waals surface area contributed by atoms with Gasteiger partial charge in [-0.2, -0.15) is 0 Å². The molecule has 0 nitrogen and oxygen atoms in total. The summed E-state index contributed by atoms with van der Waals surface area (Å²) < 4.78 is 0. The SMILES string of the molecule is C=[C]c1cc(Cl)ccc1C. The van der Waals surface area contributed by atoms with Crippen LogP contribution in [0.1, 0.15) is 11.1 Å². The lowest BCUT2D eigenvalue weighted by molar-refractivity contribution is 1.40. The average molecular weight is 152 g/mol. The summed E-state index contributed by atoms with van der Waals surface area (Å²) in [4.78, 5) is 0. The molecule has 1 aromatic rings. The number of hydrogen-bond acceptors (Lipinski definition) is 0. The first-order chi connectivity index (χ1) is 4.74. The molecule has 51 valence electrons. The largest absolute Gasteiger partial charge is 0.0905 e. The molecule has 0 bridgehead atoms. The predicted molar refractivity (Wildman–Crippen MR) is 44.2 cm³/mol. The van der Waals surface area contributed by atoms with Gasteiger partial charge in [0.15, 0.2) is 0 Å². The maximum Gasteiger partial charge on any atom is 0.0412 e. The Labute approximate surface area is 66.1 Å². The molecule has 1 heteroatoms. The number of halogens is 1. The Morgan fingerprint density at radius 3 is 2.70 bits per heavy atom. The fraction of sp³-hybridized carbons (Fsp3) is 0.111. The van der Waals surface area contributed by atoms with E-state index in [0.29, 0.717) is 0 Å². The molecule has 0 heterocycles. The molecule has 0 unspecified atom stereocenters. The molecule has 0 amide bonds. The number of benzene rings is 1. The molecule has 0 saturated heterocycles. The molecule has 1 radical (unpaired) electrons. The Balaban J connectivity index is 3.21. The monoisotopic (exact) mass is 151 g/mol. The Morgan fingerprint density at radius 2 is 2.20 bits per heavy atom. The van der Waals surface area contributed by atoms with E-state index in [1.54, 1.807) is 0 Å². The molecule has 0 spiro atoms. The summed E-state index contributed by atoms with van der Waals surface area (Å²) in [5.41, 5.74) is 2.13. The van der Waals surface area contributed by atoms with Crippen molar-refractivity contribution in [3.8, 4) is 0 Å². The van der Waals surface area contributed by atoms with E-state index in [1.165, 1.54) is 0 Å². The van der Waals surface area contributed by atoms with Crippen LogP contribution in [0.25, 0.3) is 0 Å². The molecule has 0 saturated carbocycles. The summed E-state index contributed by atoms with van der Waals surface area (Å²) in [7, 11) is 0. The molecule has 0 N–H and O–H groups in total. The van der Waals surface area contributed by atoms with Gasteiger partial charge >= 0.3 is 0 Å². The maximum atomic E-state index is 5.73. The normalized spacial score (nSPS) is 9.40. The summed E-state index contributed by atoms with van der Waals surface area (Å²) in [5, 5.41) is 0.733. The van der Waals surface area contributed by atoms with Crippen LogP contribution in [-0.2, 0) is 0 Å². The van der Waals surface area contributed by atoms with E-state index in [2.05, 4.69) is 12.7 Å². The first-order valence-corrected chi connectivity index (χ1v) is 3.41. The fourth-order valence-corrected chi connectivity index (χ4v) is 0.957.